The van der Waals surface area contributed by atoms with Gasteiger partial charge in [0.15, 0.2) is 0 Å². The van der Waals surface area contributed by atoms with Crippen molar-refractivity contribution in [2.75, 3.05) is 19.8 Å². The van der Waals surface area contributed by atoms with E-state index in [0.717, 1.165) is 36.5 Å². The van der Waals surface area contributed by atoms with Crippen LogP contribution in [0.25, 0.3) is 0 Å². The van der Waals surface area contributed by atoms with Crippen LogP contribution < -0.4 is 10.1 Å². The normalized spacial score (nSPS) is 17.2. The molecule has 0 bridgehead atoms. The Morgan fingerprint density at radius 3 is 3.09 bits per heavy atom. The smallest absolute Gasteiger partial charge is 0.267 e. The topological polar surface area (TPSA) is 63.4 Å². The van der Waals surface area contributed by atoms with Crippen LogP contribution in [-0.4, -0.2) is 30.7 Å². The average Bonchev–Trinajstić information content (AvgIpc) is 3.25. The number of aromatic amines is 1. The summed E-state index contributed by atoms with van der Waals surface area (Å²) in [5, 5.41) is 2.91. The van der Waals surface area contributed by atoms with Crippen LogP contribution in [0, 0.1) is 12.8 Å². The molecule has 1 aromatic heterocycles. The van der Waals surface area contributed by atoms with Crippen LogP contribution in [0.15, 0.2) is 36.5 Å². The molecule has 1 saturated heterocycles. The Morgan fingerprint density at radius 1 is 1.43 bits per heavy atom. The van der Waals surface area contributed by atoms with Gasteiger partial charge in [0.05, 0.1) is 13.2 Å². The summed E-state index contributed by atoms with van der Waals surface area (Å²) in [5.74, 6) is 1.17. The number of hydrogen-bond acceptors (Lipinski definition) is 3. The van der Waals surface area contributed by atoms with Crippen molar-refractivity contribution < 1.29 is 14.3 Å². The lowest BCUT2D eigenvalue weighted by Crippen LogP contribution is -2.23. The number of hydrogen-bond donors (Lipinski definition) is 2. The van der Waals surface area contributed by atoms with Gasteiger partial charge in [0, 0.05) is 30.8 Å². The van der Waals surface area contributed by atoms with E-state index in [1.165, 1.54) is 0 Å². The maximum atomic E-state index is 12.0. The lowest BCUT2D eigenvalue weighted by atomic mass is 10.1. The molecule has 1 aliphatic rings. The molecule has 5 heteroatoms. The second kappa shape index (κ2) is 7.33. The fourth-order valence-electron chi connectivity index (χ4n) is 2.61. The second-order valence-electron chi connectivity index (χ2n) is 5.92. The highest BCUT2D eigenvalue weighted by molar-refractivity contribution is 5.92. The molecule has 0 radical (unpaired) electrons. The van der Waals surface area contributed by atoms with E-state index in [9.17, 15) is 4.79 Å². The van der Waals surface area contributed by atoms with E-state index in [1.807, 2.05) is 25.1 Å². The predicted molar refractivity (Wildman–Crippen MR) is 87.6 cm³/mol. The van der Waals surface area contributed by atoms with E-state index in [1.54, 1.807) is 18.3 Å². The number of carbonyl (C=O) groups excluding carboxylic acids is 1. The van der Waals surface area contributed by atoms with Crippen LogP contribution in [-0.2, 0) is 11.3 Å². The van der Waals surface area contributed by atoms with Crippen LogP contribution in [0.2, 0.25) is 0 Å². The van der Waals surface area contributed by atoms with Gasteiger partial charge in [0.25, 0.3) is 5.91 Å². The number of rotatable bonds is 6. The minimum absolute atomic E-state index is 0.120. The average molecular weight is 314 g/mol. The van der Waals surface area contributed by atoms with Gasteiger partial charge in [-0.15, -0.1) is 0 Å². The third kappa shape index (κ3) is 4.13. The van der Waals surface area contributed by atoms with Crippen LogP contribution in [0.3, 0.4) is 0 Å². The lowest BCUT2D eigenvalue weighted by Gasteiger charge is -2.15. The number of nitrogens with one attached hydrogen (secondary N) is 2. The molecule has 0 saturated carbocycles. The zero-order chi connectivity index (χ0) is 16.1. The first-order valence-corrected chi connectivity index (χ1v) is 7.94. The summed E-state index contributed by atoms with van der Waals surface area (Å²) in [7, 11) is 0. The number of aryl methyl sites for hydroxylation is 1. The van der Waals surface area contributed by atoms with E-state index in [4.69, 9.17) is 9.47 Å². The van der Waals surface area contributed by atoms with Crippen LogP contribution in [0.4, 0.5) is 0 Å². The van der Waals surface area contributed by atoms with Crippen LogP contribution >= 0.6 is 0 Å². The molecule has 0 aliphatic carbocycles. The first-order chi connectivity index (χ1) is 11.2. The Balaban J connectivity index is 1.62. The molecule has 1 aromatic carbocycles. The van der Waals surface area contributed by atoms with Crippen molar-refractivity contribution in [2.24, 2.45) is 5.92 Å². The van der Waals surface area contributed by atoms with Gasteiger partial charge >= 0.3 is 0 Å². The highest BCUT2D eigenvalue weighted by atomic mass is 16.5. The summed E-state index contributed by atoms with van der Waals surface area (Å²) in [6.45, 7) is 4.72. The zero-order valence-corrected chi connectivity index (χ0v) is 13.3. The van der Waals surface area contributed by atoms with Gasteiger partial charge < -0.3 is 19.8 Å². The highest BCUT2D eigenvalue weighted by Gasteiger charge is 2.17. The molecule has 1 aliphatic heterocycles. The fourth-order valence-corrected chi connectivity index (χ4v) is 2.61. The van der Waals surface area contributed by atoms with E-state index in [2.05, 4.69) is 10.3 Å². The van der Waals surface area contributed by atoms with E-state index < -0.39 is 0 Å². The van der Waals surface area contributed by atoms with Gasteiger partial charge in [-0.05, 0) is 37.1 Å². The molecule has 23 heavy (non-hydrogen) atoms. The van der Waals surface area contributed by atoms with Crippen molar-refractivity contribution >= 4 is 5.91 Å². The van der Waals surface area contributed by atoms with Gasteiger partial charge in [0.1, 0.15) is 11.4 Å². The second-order valence-corrected chi connectivity index (χ2v) is 5.92. The van der Waals surface area contributed by atoms with Crippen molar-refractivity contribution in [3.8, 4) is 5.75 Å². The van der Waals surface area contributed by atoms with Crippen LogP contribution in [0.1, 0.15) is 28.0 Å². The van der Waals surface area contributed by atoms with Gasteiger partial charge in [-0.25, -0.2) is 0 Å². The van der Waals surface area contributed by atoms with E-state index >= 15 is 0 Å². The minimum Gasteiger partial charge on any atom is -0.493 e. The molecular weight excluding hydrogens is 292 g/mol. The third-order valence-corrected chi connectivity index (χ3v) is 4.00. The number of ether oxygens (including phenoxy) is 2. The van der Waals surface area contributed by atoms with E-state index in [-0.39, 0.29) is 5.91 Å². The monoisotopic (exact) mass is 314 g/mol. The number of amides is 1. The maximum absolute atomic E-state index is 12.0. The van der Waals surface area contributed by atoms with Crippen molar-refractivity contribution in [1.82, 2.24) is 10.3 Å². The van der Waals surface area contributed by atoms with Gasteiger partial charge in [0.2, 0.25) is 0 Å². The van der Waals surface area contributed by atoms with Gasteiger partial charge in [-0.2, -0.15) is 0 Å². The van der Waals surface area contributed by atoms with Crippen molar-refractivity contribution in [2.45, 2.75) is 19.9 Å². The van der Waals surface area contributed by atoms with E-state index in [0.29, 0.717) is 24.8 Å². The summed E-state index contributed by atoms with van der Waals surface area (Å²) in [6.07, 6.45) is 2.78. The number of benzene rings is 1. The molecule has 3 rings (SSSR count). The summed E-state index contributed by atoms with van der Waals surface area (Å²) in [6, 6.07) is 9.61. The van der Waals surface area contributed by atoms with Crippen LogP contribution in [0.5, 0.6) is 5.75 Å². The summed E-state index contributed by atoms with van der Waals surface area (Å²) < 4.78 is 11.4. The summed E-state index contributed by atoms with van der Waals surface area (Å²) in [5.41, 5.74) is 2.68. The highest BCUT2D eigenvalue weighted by Crippen LogP contribution is 2.22. The fraction of sp³-hybridized carbons (Fsp3) is 0.389. The largest absolute Gasteiger partial charge is 0.493 e. The molecule has 5 nitrogen and oxygen atoms in total. The quantitative estimate of drug-likeness (QED) is 0.861. The molecule has 0 spiro atoms. The molecule has 1 atom stereocenters. The Bertz CT molecular complexity index is 646. The molecule has 2 aromatic rings. The predicted octanol–water partition coefficient (Wildman–Crippen LogP) is 2.67. The number of H-pyrrole nitrogens is 1. The Kier molecular flexibility index (Phi) is 4.98. The molecular formula is C18H22N2O3. The Hall–Kier alpha value is -2.27. The Labute approximate surface area is 136 Å². The lowest BCUT2D eigenvalue weighted by molar-refractivity contribution is 0.0946. The van der Waals surface area contributed by atoms with Crippen molar-refractivity contribution in [3.05, 3.63) is 53.3 Å². The summed E-state index contributed by atoms with van der Waals surface area (Å²) >= 11 is 0. The zero-order valence-electron chi connectivity index (χ0n) is 13.3. The van der Waals surface area contributed by atoms with Gasteiger partial charge in [-0.1, -0.05) is 12.1 Å². The standard InChI is InChI=1S/C18H22N2O3/c1-13-4-5-15(10-20-18(21)16-3-2-7-19-16)17(9-13)23-12-14-6-8-22-11-14/h2-5,7,9,14,19H,6,8,10-12H2,1H3,(H,20,21)/t14-/m0/s1. The SMILES string of the molecule is Cc1ccc(CNC(=O)c2ccc[nH]2)c(OC[C@H]2CCOC2)c1. The minimum atomic E-state index is -0.120. The third-order valence-electron chi connectivity index (χ3n) is 4.00. The summed E-state index contributed by atoms with van der Waals surface area (Å²) in [4.78, 5) is 14.9. The number of carbonyl (C=O) groups is 1. The number of aromatic nitrogens is 1. The van der Waals surface area contributed by atoms with Gasteiger partial charge in [-0.3, -0.25) is 4.79 Å². The molecule has 2 N–H and O–H groups in total. The molecule has 1 fully saturated rings. The molecule has 1 amide bonds. The first kappa shape index (κ1) is 15.6. The van der Waals surface area contributed by atoms with Crippen molar-refractivity contribution in [1.29, 1.82) is 0 Å². The first-order valence-electron chi connectivity index (χ1n) is 7.94. The van der Waals surface area contributed by atoms with Crippen molar-refractivity contribution in [3.63, 3.8) is 0 Å². The molecule has 2 heterocycles. The Morgan fingerprint density at radius 2 is 2.35 bits per heavy atom. The maximum Gasteiger partial charge on any atom is 0.267 e. The molecule has 0 unspecified atom stereocenters. The molecule has 122 valence electrons.